The van der Waals surface area contributed by atoms with Crippen LogP contribution in [0.3, 0.4) is 0 Å². The Morgan fingerprint density at radius 1 is 1.31 bits per heavy atom. The highest BCUT2D eigenvalue weighted by Gasteiger charge is 2.58. The molecule has 3 heterocycles. The minimum Gasteiger partial charge on any atom is -0.481 e. The zero-order valence-electron chi connectivity index (χ0n) is 16.0. The molecular weight excluding hydrogens is 330 g/mol. The Morgan fingerprint density at radius 3 is 2.69 bits per heavy atom. The molecule has 1 aliphatic carbocycles. The molecule has 3 fully saturated rings. The van der Waals surface area contributed by atoms with Gasteiger partial charge < -0.3 is 9.63 Å². The first kappa shape index (κ1) is 18.0. The summed E-state index contributed by atoms with van der Waals surface area (Å²) in [5, 5.41) is 14.2. The molecule has 6 heteroatoms. The standard InChI is InChI=1S/C20H31N3O3/c1-14(2)18-8-17(26-21-18)11-22-9-15-10-23(16-6-4-3-5-7-16)13-20(15,12-22)19(24)25/h8,14-16H,3-7,9-13H2,1-2H3,(H,24,25)/t15-,20-/m0/s1. The first-order valence-corrected chi connectivity index (χ1v) is 10.1. The van der Waals surface area contributed by atoms with E-state index in [-0.39, 0.29) is 5.92 Å². The topological polar surface area (TPSA) is 69.8 Å². The zero-order valence-corrected chi connectivity index (χ0v) is 16.0. The van der Waals surface area contributed by atoms with E-state index in [1.54, 1.807) is 0 Å². The summed E-state index contributed by atoms with van der Waals surface area (Å²) in [6.45, 7) is 7.96. The van der Waals surface area contributed by atoms with Crippen molar-refractivity contribution in [3.8, 4) is 0 Å². The average Bonchev–Trinajstić information content (AvgIpc) is 3.29. The van der Waals surface area contributed by atoms with Crippen LogP contribution in [-0.4, -0.2) is 58.3 Å². The molecule has 0 unspecified atom stereocenters. The van der Waals surface area contributed by atoms with Crippen molar-refractivity contribution in [2.75, 3.05) is 26.2 Å². The smallest absolute Gasteiger partial charge is 0.312 e. The average molecular weight is 361 g/mol. The number of carboxylic acids is 1. The van der Waals surface area contributed by atoms with E-state index in [4.69, 9.17) is 4.52 Å². The molecule has 2 atom stereocenters. The van der Waals surface area contributed by atoms with Crippen molar-refractivity contribution >= 4 is 5.97 Å². The second-order valence-electron chi connectivity index (χ2n) is 8.92. The second-order valence-corrected chi connectivity index (χ2v) is 8.92. The third-order valence-corrected chi connectivity index (χ3v) is 6.77. The molecule has 0 spiro atoms. The van der Waals surface area contributed by atoms with E-state index in [2.05, 4.69) is 28.8 Å². The normalized spacial score (nSPS) is 31.0. The molecule has 2 saturated heterocycles. The Hall–Kier alpha value is -1.40. The molecule has 1 aromatic heterocycles. The monoisotopic (exact) mass is 361 g/mol. The number of likely N-dealkylation sites (tertiary alicyclic amines) is 2. The highest BCUT2D eigenvalue weighted by Crippen LogP contribution is 2.45. The Kier molecular flexibility index (Phi) is 4.82. The quantitative estimate of drug-likeness (QED) is 0.869. The van der Waals surface area contributed by atoms with Crippen LogP contribution in [0.2, 0.25) is 0 Å². The van der Waals surface area contributed by atoms with Crippen LogP contribution in [0, 0.1) is 11.3 Å². The van der Waals surface area contributed by atoms with Crippen molar-refractivity contribution in [1.82, 2.24) is 15.0 Å². The lowest BCUT2D eigenvalue weighted by Gasteiger charge is -2.33. The van der Waals surface area contributed by atoms with E-state index in [1.165, 1.54) is 32.1 Å². The summed E-state index contributed by atoms with van der Waals surface area (Å²) in [7, 11) is 0. The fourth-order valence-electron chi connectivity index (χ4n) is 5.25. The van der Waals surface area contributed by atoms with Crippen LogP contribution in [0.15, 0.2) is 10.6 Å². The minimum atomic E-state index is -0.622. The summed E-state index contributed by atoms with van der Waals surface area (Å²) < 4.78 is 5.47. The molecule has 1 N–H and O–H groups in total. The molecule has 6 nitrogen and oxygen atoms in total. The molecule has 0 aromatic carbocycles. The van der Waals surface area contributed by atoms with Crippen molar-refractivity contribution < 1.29 is 14.4 Å². The van der Waals surface area contributed by atoms with Gasteiger partial charge in [0.15, 0.2) is 5.76 Å². The van der Waals surface area contributed by atoms with Gasteiger partial charge in [-0.2, -0.15) is 0 Å². The van der Waals surface area contributed by atoms with E-state index < -0.39 is 11.4 Å². The van der Waals surface area contributed by atoms with Crippen molar-refractivity contribution in [2.45, 2.75) is 64.5 Å². The maximum Gasteiger partial charge on any atom is 0.312 e. The molecule has 144 valence electrons. The molecular formula is C20H31N3O3. The van der Waals surface area contributed by atoms with Gasteiger partial charge in [0.05, 0.1) is 17.7 Å². The number of aromatic nitrogens is 1. The van der Waals surface area contributed by atoms with Crippen molar-refractivity contribution in [3.63, 3.8) is 0 Å². The van der Waals surface area contributed by atoms with E-state index in [0.717, 1.165) is 24.5 Å². The van der Waals surface area contributed by atoms with E-state index in [0.29, 0.717) is 31.6 Å². The second kappa shape index (κ2) is 6.97. The fraction of sp³-hybridized carbons (Fsp3) is 0.800. The lowest BCUT2D eigenvalue weighted by Crippen LogP contribution is -2.43. The summed E-state index contributed by atoms with van der Waals surface area (Å²) >= 11 is 0. The van der Waals surface area contributed by atoms with E-state index in [1.807, 2.05) is 6.07 Å². The first-order valence-electron chi connectivity index (χ1n) is 10.1. The number of carbonyl (C=O) groups is 1. The Balaban J connectivity index is 1.43. The van der Waals surface area contributed by atoms with Crippen molar-refractivity contribution in [3.05, 3.63) is 17.5 Å². The highest BCUT2D eigenvalue weighted by molar-refractivity contribution is 5.77. The maximum atomic E-state index is 12.2. The van der Waals surface area contributed by atoms with Crippen LogP contribution in [-0.2, 0) is 11.3 Å². The zero-order chi connectivity index (χ0) is 18.3. The Labute approximate surface area is 155 Å². The largest absolute Gasteiger partial charge is 0.481 e. The predicted molar refractivity (Wildman–Crippen MR) is 97.9 cm³/mol. The molecule has 2 aliphatic heterocycles. The van der Waals surface area contributed by atoms with Gasteiger partial charge in [-0.05, 0) is 18.8 Å². The summed E-state index contributed by atoms with van der Waals surface area (Å²) in [6, 6.07) is 2.61. The van der Waals surface area contributed by atoms with E-state index in [9.17, 15) is 9.90 Å². The summed E-state index contributed by atoms with van der Waals surface area (Å²) in [6.07, 6.45) is 6.40. The van der Waals surface area contributed by atoms with Crippen molar-refractivity contribution in [1.29, 1.82) is 0 Å². The Morgan fingerprint density at radius 2 is 2.08 bits per heavy atom. The van der Waals surface area contributed by atoms with Crippen LogP contribution >= 0.6 is 0 Å². The van der Waals surface area contributed by atoms with Gasteiger partial charge >= 0.3 is 5.97 Å². The maximum absolute atomic E-state index is 12.2. The summed E-state index contributed by atoms with van der Waals surface area (Å²) in [5.41, 5.74) is 0.356. The molecule has 0 radical (unpaired) electrons. The number of aliphatic carboxylic acids is 1. The van der Waals surface area contributed by atoms with Crippen LogP contribution in [0.5, 0.6) is 0 Å². The molecule has 1 saturated carbocycles. The predicted octanol–water partition coefficient (Wildman–Crippen LogP) is 2.95. The summed E-state index contributed by atoms with van der Waals surface area (Å²) in [4.78, 5) is 17.0. The van der Waals surface area contributed by atoms with Gasteiger partial charge in [-0.25, -0.2) is 0 Å². The molecule has 0 amide bonds. The number of hydrogen-bond acceptors (Lipinski definition) is 5. The van der Waals surface area contributed by atoms with Gasteiger partial charge in [-0.1, -0.05) is 38.3 Å². The van der Waals surface area contributed by atoms with Gasteiger partial charge in [-0.15, -0.1) is 0 Å². The summed E-state index contributed by atoms with van der Waals surface area (Å²) in [5.74, 6) is 0.788. The molecule has 26 heavy (non-hydrogen) atoms. The number of nitrogens with zero attached hydrogens (tertiary/aromatic N) is 3. The molecule has 0 bridgehead atoms. The van der Waals surface area contributed by atoms with Crippen LogP contribution < -0.4 is 0 Å². The number of carboxylic acid groups (broad SMARTS) is 1. The van der Waals surface area contributed by atoms with Gasteiger partial charge in [-0.3, -0.25) is 14.6 Å². The van der Waals surface area contributed by atoms with Crippen LogP contribution in [0.4, 0.5) is 0 Å². The van der Waals surface area contributed by atoms with Crippen molar-refractivity contribution in [2.24, 2.45) is 11.3 Å². The highest BCUT2D eigenvalue weighted by atomic mass is 16.5. The van der Waals surface area contributed by atoms with Gasteiger partial charge in [0.2, 0.25) is 0 Å². The lowest BCUT2D eigenvalue weighted by atomic mass is 9.81. The van der Waals surface area contributed by atoms with E-state index >= 15 is 0 Å². The molecule has 1 aromatic rings. The minimum absolute atomic E-state index is 0.217. The molecule has 3 aliphatic rings. The first-order chi connectivity index (χ1) is 12.5. The number of rotatable bonds is 5. The number of hydrogen-bond donors (Lipinski definition) is 1. The third kappa shape index (κ3) is 3.18. The van der Waals surface area contributed by atoms with Crippen LogP contribution in [0.1, 0.15) is 63.3 Å². The third-order valence-electron chi connectivity index (χ3n) is 6.77. The van der Waals surface area contributed by atoms with Gasteiger partial charge in [0, 0.05) is 44.2 Å². The number of fused-ring (bicyclic) bond motifs is 1. The lowest BCUT2D eigenvalue weighted by molar-refractivity contribution is -0.149. The SMILES string of the molecule is CC(C)c1cc(CN2C[C@H]3CN(C4CCCCC4)C[C@@]3(C(=O)O)C2)on1. The molecule has 4 rings (SSSR count). The fourth-order valence-corrected chi connectivity index (χ4v) is 5.25. The van der Waals surface area contributed by atoms with Gasteiger partial charge in [0.25, 0.3) is 0 Å². The van der Waals surface area contributed by atoms with Gasteiger partial charge in [0.1, 0.15) is 0 Å². The van der Waals surface area contributed by atoms with Crippen LogP contribution in [0.25, 0.3) is 0 Å². The Bertz CT molecular complexity index is 652.